The topological polar surface area (TPSA) is 58.6 Å². The van der Waals surface area contributed by atoms with Gasteiger partial charge in [0.1, 0.15) is 11.5 Å². The smallest absolute Gasteiger partial charge is 0.255 e. The van der Waals surface area contributed by atoms with Gasteiger partial charge in [-0.2, -0.15) is 0 Å². The van der Waals surface area contributed by atoms with E-state index in [-0.39, 0.29) is 22.8 Å². The molecule has 0 unspecified atom stereocenters. The molecule has 0 saturated heterocycles. The van der Waals surface area contributed by atoms with Crippen LogP contribution >= 0.6 is 0 Å². The average molecular weight is 249 g/mol. The molecule has 1 amide bonds. The highest BCUT2D eigenvalue weighted by Crippen LogP contribution is 2.39. The van der Waals surface area contributed by atoms with E-state index in [1.165, 1.54) is 13.2 Å². The van der Waals surface area contributed by atoms with Gasteiger partial charge in [0, 0.05) is 5.54 Å². The average Bonchev–Trinajstić information content (AvgIpc) is 3.13. The summed E-state index contributed by atoms with van der Waals surface area (Å²) in [6, 6.07) is 4.64. The number of hydrogen-bond donors (Lipinski definition) is 2. The number of hydrogen-bond acceptors (Lipinski definition) is 3. The van der Waals surface area contributed by atoms with Gasteiger partial charge in [-0.25, -0.2) is 0 Å². The van der Waals surface area contributed by atoms with Gasteiger partial charge in [0.05, 0.1) is 12.7 Å². The van der Waals surface area contributed by atoms with Crippen LogP contribution in [0.3, 0.4) is 0 Å². The van der Waals surface area contributed by atoms with E-state index in [1.54, 1.807) is 12.1 Å². The van der Waals surface area contributed by atoms with Crippen LogP contribution in [-0.2, 0) is 0 Å². The Morgan fingerprint density at radius 1 is 1.44 bits per heavy atom. The molecule has 1 aromatic carbocycles. The summed E-state index contributed by atoms with van der Waals surface area (Å²) in [4.78, 5) is 12.2. The standard InChI is InChI=1S/C14H19NO3/c1-14(2,9-4-5-9)15-13(17)11-8-10(18-3)6-7-12(11)16/h6-9,16H,4-5H2,1-3H3,(H,15,17). The van der Waals surface area contributed by atoms with Crippen LogP contribution in [0.5, 0.6) is 11.5 Å². The van der Waals surface area contributed by atoms with E-state index in [0.29, 0.717) is 11.7 Å². The largest absolute Gasteiger partial charge is 0.507 e. The molecule has 98 valence electrons. The summed E-state index contributed by atoms with van der Waals surface area (Å²) in [6.07, 6.45) is 2.30. The summed E-state index contributed by atoms with van der Waals surface area (Å²) < 4.78 is 5.06. The summed E-state index contributed by atoms with van der Waals surface area (Å²) in [5, 5.41) is 12.7. The molecule has 1 fully saturated rings. The number of benzene rings is 1. The molecule has 0 aliphatic heterocycles. The zero-order chi connectivity index (χ0) is 13.3. The molecule has 2 N–H and O–H groups in total. The third kappa shape index (κ3) is 2.58. The maximum Gasteiger partial charge on any atom is 0.255 e. The van der Waals surface area contributed by atoms with Crippen LogP contribution in [0.15, 0.2) is 18.2 Å². The number of carbonyl (C=O) groups is 1. The second-order valence-corrected chi connectivity index (χ2v) is 5.33. The Bertz CT molecular complexity index is 464. The van der Waals surface area contributed by atoms with Gasteiger partial charge >= 0.3 is 0 Å². The fourth-order valence-electron chi connectivity index (χ4n) is 2.09. The first-order valence-electron chi connectivity index (χ1n) is 6.13. The zero-order valence-corrected chi connectivity index (χ0v) is 11.0. The van der Waals surface area contributed by atoms with E-state index < -0.39 is 0 Å². The van der Waals surface area contributed by atoms with Gasteiger partial charge < -0.3 is 15.2 Å². The normalized spacial score (nSPS) is 15.3. The molecule has 0 bridgehead atoms. The van der Waals surface area contributed by atoms with Crippen molar-refractivity contribution in [2.24, 2.45) is 5.92 Å². The number of phenolic OH excluding ortho intramolecular Hbond substituents is 1. The molecule has 1 aliphatic carbocycles. The summed E-state index contributed by atoms with van der Waals surface area (Å²) >= 11 is 0. The second-order valence-electron chi connectivity index (χ2n) is 5.33. The molecule has 1 aliphatic rings. The Balaban J connectivity index is 2.17. The number of nitrogens with one attached hydrogen (secondary N) is 1. The van der Waals surface area contributed by atoms with Crippen molar-refractivity contribution in [1.82, 2.24) is 5.32 Å². The van der Waals surface area contributed by atoms with Crippen molar-refractivity contribution in [3.05, 3.63) is 23.8 Å². The van der Waals surface area contributed by atoms with Crippen molar-refractivity contribution in [2.45, 2.75) is 32.2 Å². The van der Waals surface area contributed by atoms with Crippen molar-refractivity contribution in [1.29, 1.82) is 0 Å². The van der Waals surface area contributed by atoms with Gasteiger partial charge in [-0.1, -0.05) is 0 Å². The first kappa shape index (κ1) is 12.7. The van der Waals surface area contributed by atoms with E-state index in [9.17, 15) is 9.90 Å². The third-order valence-corrected chi connectivity index (χ3v) is 3.48. The molecule has 0 heterocycles. The summed E-state index contributed by atoms with van der Waals surface area (Å²) in [6.45, 7) is 4.03. The number of phenols is 1. The van der Waals surface area contributed by atoms with Crippen LogP contribution in [0.1, 0.15) is 37.0 Å². The minimum atomic E-state index is -0.261. The molecule has 0 spiro atoms. The van der Waals surface area contributed by atoms with Crippen LogP contribution in [0.4, 0.5) is 0 Å². The molecular formula is C14H19NO3. The van der Waals surface area contributed by atoms with E-state index in [0.717, 1.165) is 12.8 Å². The predicted molar refractivity (Wildman–Crippen MR) is 68.9 cm³/mol. The number of aromatic hydroxyl groups is 1. The van der Waals surface area contributed by atoms with Crippen LogP contribution < -0.4 is 10.1 Å². The van der Waals surface area contributed by atoms with Crippen LogP contribution in [0.25, 0.3) is 0 Å². The molecule has 1 aromatic rings. The highest BCUT2D eigenvalue weighted by atomic mass is 16.5. The fraction of sp³-hybridized carbons (Fsp3) is 0.500. The molecule has 0 aromatic heterocycles. The Kier molecular flexibility index (Phi) is 3.20. The van der Waals surface area contributed by atoms with E-state index in [1.807, 2.05) is 13.8 Å². The zero-order valence-electron chi connectivity index (χ0n) is 11.0. The Morgan fingerprint density at radius 3 is 2.67 bits per heavy atom. The molecule has 0 radical (unpaired) electrons. The van der Waals surface area contributed by atoms with Gasteiger partial charge in [-0.15, -0.1) is 0 Å². The SMILES string of the molecule is COc1ccc(O)c(C(=O)NC(C)(C)C2CC2)c1. The Labute approximate surface area is 107 Å². The van der Waals surface area contributed by atoms with Crippen LogP contribution in [-0.4, -0.2) is 23.7 Å². The highest BCUT2D eigenvalue weighted by molar-refractivity contribution is 5.97. The van der Waals surface area contributed by atoms with Gasteiger partial charge in [0.2, 0.25) is 0 Å². The summed E-state index contributed by atoms with van der Waals surface area (Å²) in [7, 11) is 1.53. The molecule has 4 nitrogen and oxygen atoms in total. The van der Waals surface area contributed by atoms with Crippen LogP contribution in [0, 0.1) is 5.92 Å². The lowest BCUT2D eigenvalue weighted by molar-refractivity contribution is 0.0900. The summed E-state index contributed by atoms with van der Waals surface area (Å²) in [5.74, 6) is 0.805. The second kappa shape index (κ2) is 4.52. The van der Waals surface area contributed by atoms with Crippen molar-refractivity contribution in [3.8, 4) is 11.5 Å². The molecule has 0 atom stereocenters. The fourth-order valence-corrected chi connectivity index (χ4v) is 2.09. The molecular weight excluding hydrogens is 230 g/mol. The predicted octanol–water partition coefficient (Wildman–Crippen LogP) is 2.32. The van der Waals surface area contributed by atoms with Crippen molar-refractivity contribution >= 4 is 5.91 Å². The van der Waals surface area contributed by atoms with E-state index in [4.69, 9.17) is 4.74 Å². The lowest BCUT2D eigenvalue weighted by Crippen LogP contribution is -2.45. The van der Waals surface area contributed by atoms with Crippen molar-refractivity contribution in [3.63, 3.8) is 0 Å². The quantitative estimate of drug-likeness (QED) is 0.861. The number of ether oxygens (including phenoxy) is 1. The highest BCUT2D eigenvalue weighted by Gasteiger charge is 2.39. The monoisotopic (exact) mass is 249 g/mol. The first-order valence-corrected chi connectivity index (χ1v) is 6.13. The van der Waals surface area contributed by atoms with Crippen LogP contribution in [0.2, 0.25) is 0 Å². The lowest BCUT2D eigenvalue weighted by atomic mass is 9.98. The third-order valence-electron chi connectivity index (χ3n) is 3.48. The molecule has 2 rings (SSSR count). The minimum Gasteiger partial charge on any atom is -0.507 e. The minimum absolute atomic E-state index is 0.0279. The summed E-state index contributed by atoms with van der Waals surface area (Å²) in [5.41, 5.74) is 0.0233. The van der Waals surface area contributed by atoms with Gasteiger partial charge in [-0.3, -0.25) is 4.79 Å². The number of methoxy groups -OCH3 is 1. The maximum atomic E-state index is 12.2. The number of rotatable bonds is 4. The first-order chi connectivity index (χ1) is 8.44. The van der Waals surface area contributed by atoms with Gasteiger partial charge in [0.25, 0.3) is 5.91 Å². The van der Waals surface area contributed by atoms with Crippen molar-refractivity contribution < 1.29 is 14.6 Å². The Morgan fingerprint density at radius 2 is 2.11 bits per heavy atom. The number of amides is 1. The number of carbonyl (C=O) groups excluding carboxylic acids is 1. The maximum absolute atomic E-state index is 12.2. The molecule has 4 heteroatoms. The van der Waals surface area contributed by atoms with Gasteiger partial charge in [0.15, 0.2) is 0 Å². The van der Waals surface area contributed by atoms with E-state index >= 15 is 0 Å². The van der Waals surface area contributed by atoms with E-state index in [2.05, 4.69) is 5.32 Å². The molecule has 1 saturated carbocycles. The molecule has 18 heavy (non-hydrogen) atoms. The lowest BCUT2D eigenvalue weighted by Gasteiger charge is -2.26. The Hall–Kier alpha value is -1.71. The van der Waals surface area contributed by atoms with Gasteiger partial charge in [-0.05, 0) is 50.8 Å². The van der Waals surface area contributed by atoms with Crippen molar-refractivity contribution in [2.75, 3.05) is 7.11 Å².